The van der Waals surface area contributed by atoms with Crippen LogP contribution in [-0.4, -0.2) is 47.2 Å². The third-order valence-corrected chi connectivity index (χ3v) is 11.8. The van der Waals surface area contributed by atoms with Crippen LogP contribution in [0.2, 0.25) is 0 Å². The van der Waals surface area contributed by atoms with Crippen molar-refractivity contribution < 1.29 is 14.1 Å². The van der Waals surface area contributed by atoms with Gasteiger partial charge in [0.2, 0.25) is 0 Å². The van der Waals surface area contributed by atoms with Crippen LogP contribution in [0.25, 0.3) is 11.3 Å². The number of amides is 2. The summed E-state index contributed by atoms with van der Waals surface area (Å²) in [6, 6.07) is 40.3. The summed E-state index contributed by atoms with van der Waals surface area (Å²) < 4.78 is 7.58. The number of fused-ring (bicyclic) bond motifs is 1. The Morgan fingerprint density at radius 1 is 0.535 bits per heavy atom. The van der Waals surface area contributed by atoms with Crippen molar-refractivity contribution in [3.8, 4) is 11.3 Å². The molecule has 5 heterocycles. The zero-order chi connectivity index (χ0) is 53.0. The Kier molecular flexibility index (Phi) is 23.5. The second-order valence-corrected chi connectivity index (χ2v) is 21.0. The van der Waals surface area contributed by atoms with Gasteiger partial charge >= 0.3 is 0 Å². The number of aromatic nitrogens is 5. The molecule has 0 saturated heterocycles. The summed E-state index contributed by atoms with van der Waals surface area (Å²) in [5, 5.41) is 8.61. The Labute approximate surface area is 427 Å². The third-order valence-electron chi connectivity index (χ3n) is 11.8. The van der Waals surface area contributed by atoms with Gasteiger partial charge in [-0.25, -0.2) is 0 Å². The lowest BCUT2D eigenvalue weighted by molar-refractivity contribution is 0.0507. The summed E-state index contributed by atoms with van der Waals surface area (Å²) in [5.41, 5.74) is 10.2. The minimum atomic E-state index is -0.465. The molecule has 380 valence electrons. The van der Waals surface area contributed by atoms with E-state index in [-0.39, 0.29) is 11.8 Å². The number of nitrogens with zero attached hydrogens (tertiary/aromatic N) is 6. The van der Waals surface area contributed by atoms with Gasteiger partial charge in [0.15, 0.2) is 5.76 Å². The van der Waals surface area contributed by atoms with Gasteiger partial charge in [0, 0.05) is 46.6 Å². The van der Waals surface area contributed by atoms with Crippen molar-refractivity contribution in [2.45, 2.75) is 160 Å². The molecule has 0 saturated carbocycles. The Balaban J connectivity index is 0.000000229. The van der Waals surface area contributed by atoms with E-state index in [0.717, 1.165) is 28.4 Å². The number of aryl methyl sites for hydroxylation is 3. The number of rotatable bonds is 8. The van der Waals surface area contributed by atoms with Crippen molar-refractivity contribution in [3.63, 3.8) is 0 Å². The molecule has 0 N–H and O–H groups in total. The van der Waals surface area contributed by atoms with Crippen LogP contribution < -0.4 is 0 Å². The molecule has 9 heteroatoms. The first kappa shape index (κ1) is 58.8. The van der Waals surface area contributed by atoms with Crippen molar-refractivity contribution >= 4 is 11.8 Å². The lowest BCUT2D eigenvalue weighted by Gasteiger charge is -2.29. The standard InChI is InChI=1S/C13H15NO.C12H22N2.C12H13NO2.C9H12.2C8H11N/c1-9(2)12-10(3)14-15-13(12)11-7-5-4-6-8-11;1-8(2)12(9(3)4)14-11(6)7-10(5)13-14;1-12(2,3)13-10(14)8-6-4-5-7-9(8)11(13)15;1-8(2)9-6-4-3-5-7-9;1-7(2)8-3-5-9-6-4-8;1-7(2)8-5-3-4-6-9-8/h4-9H,1-3H3;7-9,12H,1-6H3;4-7H,1-3H3;3-8H,1-2H3;2*3-7H,1-2H3. The van der Waals surface area contributed by atoms with E-state index in [4.69, 9.17) is 4.52 Å². The fourth-order valence-corrected chi connectivity index (χ4v) is 8.24. The van der Waals surface area contributed by atoms with E-state index in [1.54, 1.807) is 24.3 Å². The van der Waals surface area contributed by atoms with Gasteiger partial charge in [-0.3, -0.25) is 29.1 Å². The molecule has 8 rings (SSSR count). The Hall–Kier alpha value is -6.48. The SMILES string of the molecule is CC(C)(C)N1C(=O)c2ccccc2C1=O.CC(C)c1ccccc1.CC(C)c1ccccn1.CC(C)c1ccncc1.Cc1cc(C)n(C(C(C)C)C(C)C)n1.Cc1noc(-c2ccccc2)c1C(C)C. The molecule has 2 amide bonds. The van der Waals surface area contributed by atoms with Gasteiger partial charge in [0.05, 0.1) is 28.6 Å². The zero-order valence-corrected chi connectivity index (χ0v) is 46.2. The van der Waals surface area contributed by atoms with Crippen molar-refractivity contribution in [2.24, 2.45) is 11.8 Å². The summed E-state index contributed by atoms with van der Waals surface area (Å²) in [6.45, 7) is 38.2. The minimum Gasteiger partial charge on any atom is -0.356 e. The van der Waals surface area contributed by atoms with E-state index in [1.165, 1.54) is 27.3 Å². The van der Waals surface area contributed by atoms with E-state index in [9.17, 15) is 9.59 Å². The van der Waals surface area contributed by atoms with Crippen molar-refractivity contribution in [2.75, 3.05) is 0 Å². The normalized spacial score (nSPS) is 11.9. The first-order chi connectivity index (χ1) is 33.5. The molecule has 71 heavy (non-hydrogen) atoms. The van der Waals surface area contributed by atoms with E-state index in [1.807, 2.05) is 113 Å². The predicted octanol–water partition coefficient (Wildman–Crippen LogP) is 16.4. The Morgan fingerprint density at radius 3 is 1.38 bits per heavy atom. The summed E-state index contributed by atoms with van der Waals surface area (Å²) in [6.07, 6.45) is 5.49. The van der Waals surface area contributed by atoms with Crippen molar-refractivity contribution in [1.82, 2.24) is 29.8 Å². The molecule has 0 fully saturated rings. The van der Waals surface area contributed by atoms with Crippen LogP contribution in [0.5, 0.6) is 0 Å². The summed E-state index contributed by atoms with van der Waals surface area (Å²) in [4.78, 5) is 33.3. The zero-order valence-electron chi connectivity index (χ0n) is 46.2. The smallest absolute Gasteiger partial charge is 0.262 e. The third kappa shape index (κ3) is 18.0. The van der Waals surface area contributed by atoms with Crippen LogP contribution >= 0.6 is 0 Å². The molecule has 0 spiro atoms. The van der Waals surface area contributed by atoms with Gasteiger partial charge in [-0.15, -0.1) is 0 Å². The topological polar surface area (TPSA) is 107 Å². The highest BCUT2D eigenvalue weighted by atomic mass is 16.5. The van der Waals surface area contributed by atoms with Crippen LogP contribution in [0.15, 0.2) is 144 Å². The first-order valence-electron chi connectivity index (χ1n) is 25.4. The maximum absolute atomic E-state index is 12.0. The highest BCUT2D eigenvalue weighted by molar-refractivity contribution is 6.21. The number of pyridine rings is 2. The Bertz CT molecular complexity index is 2460. The van der Waals surface area contributed by atoms with Gasteiger partial charge in [0.1, 0.15) is 0 Å². The predicted molar refractivity (Wildman–Crippen MR) is 295 cm³/mol. The number of carbonyl (C=O) groups excluding carboxylic acids is 2. The molecule has 3 aromatic carbocycles. The second-order valence-electron chi connectivity index (χ2n) is 21.0. The summed E-state index contributed by atoms with van der Waals surface area (Å²) in [7, 11) is 0. The van der Waals surface area contributed by atoms with Gasteiger partial charge in [-0.1, -0.05) is 167 Å². The number of benzene rings is 3. The maximum Gasteiger partial charge on any atom is 0.262 e. The maximum atomic E-state index is 12.0. The van der Waals surface area contributed by atoms with Gasteiger partial charge in [-0.2, -0.15) is 5.10 Å². The number of hydrogen-bond acceptors (Lipinski definition) is 7. The lowest BCUT2D eigenvalue weighted by atomic mass is 9.93. The van der Waals surface area contributed by atoms with Crippen molar-refractivity contribution in [3.05, 3.63) is 191 Å². The quantitative estimate of drug-likeness (QED) is 0.140. The largest absolute Gasteiger partial charge is 0.356 e. The van der Waals surface area contributed by atoms with Crippen LogP contribution in [0, 0.1) is 32.6 Å². The number of imide groups is 1. The monoisotopic (exact) mass is 961 g/mol. The van der Waals surface area contributed by atoms with E-state index < -0.39 is 5.54 Å². The molecule has 0 bridgehead atoms. The molecule has 1 aliphatic rings. The van der Waals surface area contributed by atoms with E-state index >= 15 is 0 Å². The molecular formula is C62H84N6O3. The Morgan fingerprint density at radius 2 is 1.01 bits per heavy atom. The molecule has 1 aliphatic heterocycles. The van der Waals surface area contributed by atoms with Gasteiger partial charge in [-0.05, 0) is 131 Å². The minimum absolute atomic E-state index is 0.192. The molecule has 9 nitrogen and oxygen atoms in total. The molecule has 0 radical (unpaired) electrons. The average molecular weight is 961 g/mol. The lowest BCUT2D eigenvalue weighted by Crippen LogP contribution is -2.45. The van der Waals surface area contributed by atoms with E-state index in [0.29, 0.717) is 52.7 Å². The molecule has 4 aromatic heterocycles. The molecule has 0 atom stereocenters. The fourth-order valence-electron chi connectivity index (χ4n) is 8.24. The average Bonchev–Trinajstić information content (AvgIpc) is 3.98. The van der Waals surface area contributed by atoms with Crippen LogP contribution in [0.1, 0.15) is 194 Å². The highest BCUT2D eigenvalue weighted by Gasteiger charge is 2.41. The second kappa shape index (κ2) is 28.4. The van der Waals surface area contributed by atoms with E-state index in [2.05, 4.69) is 152 Å². The fraction of sp³-hybridized carbons (Fsp3) is 0.419. The first-order valence-corrected chi connectivity index (χ1v) is 25.4. The van der Waals surface area contributed by atoms with Crippen LogP contribution in [-0.2, 0) is 0 Å². The van der Waals surface area contributed by atoms with Gasteiger partial charge in [0.25, 0.3) is 11.8 Å². The summed E-state index contributed by atoms with van der Waals surface area (Å²) in [5.74, 6) is 4.05. The van der Waals surface area contributed by atoms with Crippen LogP contribution in [0.4, 0.5) is 0 Å². The number of carbonyl (C=O) groups is 2. The molecule has 0 aliphatic carbocycles. The van der Waals surface area contributed by atoms with Crippen LogP contribution in [0.3, 0.4) is 0 Å². The van der Waals surface area contributed by atoms with Gasteiger partial charge < -0.3 is 4.52 Å². The number of hydrogen-bond donors (Lipinski definition) is 0. The summed E-state index contributed by atoms with van der Waals surface area (Å²) >= 11 is 0. The molecule has 7 aromatic rings. The molecular weight excluding hydrogens is 877 g/mol. The highest BCUT2D eigenvalue weighted by Crippen LogP contribution is 2.32. The molecule has 0 unspecified atom stereocenters. The van der Waals surface area contributed by atoms with Crippen molar-refractivity contribution in [1.29, 1.82) is 0 Å².